The van der Waals surface area contributed by atoms with E-state index in [4.69, 9.17) is 23.2 Å². The minimum absolute atomic E-state index is 0.0700. The van der Waals surface area contributed by atoms with Gasteiger partial charge in [0.05, 0.1) is 21.2 Å². The van der Waals surface area contributed by atoms with Gasteiger partial charge < -0.3 is 0 Å². The fourth-order valence-electron chi connectivity index (χ4n) is 1.52. The maximum absolute atomic E-state index is 13.6. The van der Waals surface area contributed by atoms with E-state index < -0.39 is 11.6 Å². The van der Waals surface area contributed by atoms with Crippen molar-refractivity contribution in [2.75, 3.05) is 0 Å². The number of halogens is 4. The third-order valence-corrected chi connectivity index (χ3v) is 3.49. The van der Waals surface area contributed by atoms with E-state index in [1.807, 2.05) is 0 Å². The van der Waals surface area contributed by atoms with Crippen LogP contribution in [0.3, 0.4) is 0 Å². The van der Waals surface area contributed by atoms with Gasteiger partial charge in [-0.05, 0) is 30.3 Å². The van der Waals surface area contributed by atoms with E-state index in [-0.39, 0.29) is 21.2 Å². The fraction of sp³-hybridized carbons (Fsp3) is 0. The molecule has 0 atom stereocenters. The van der Waals surface area contributed by atoms with Gasteiger partial charge in [-0.3, -0.25) is 4.79 Å². The largest absolute Gasteiger partial charge is 0.288 e. The maximum atomic E-state index is 13.6. The van der Waals surface area contributed by atoms with Crippen molar-refractivity contribution < 1.29 is 9.18 Å². The van der Waals surface area contributed by atoms with Gasteiger partial charge in [0, 0.05) is 4.47 Å². The fourth-order valence-corrected chi connectivity index (χ4v) is 2.45. The Kier molecular flexibility index (Phi) is 4.05. The Morgan fingerprint density at radius 2 is 1.72 bits per heavy atom. The number of hydrogen-bond donors (Lipinski definition) is 0. The van der Waals surface area contributed by atoms with Gasteiger partial charge in [0.15, 0.2) is 5.78 Å². The van der Waals surface area contributed by atoms with Crippen LogP contribution in [0.25, 0.3) is 0 Å². The molecule has 0 radical (unpaired) electrons. The lowest BCUT2D eigenvalue weighted by Gasteiger charge is -2.07. The molecule has 1 nitrogen and oxygen atoms in total. The van der Waals surface area contributed by atoms with Gasteiger partial charge in [0.2, 0.25) is 0 Å². The summed E-state index contributed by atoms with van der Waals surface area (Å²) >= 11 is 15.0. The molecule has 2 rings (SSSR count). The summed E-state index contributed by atoms with van der Waals surface area (Å²) in [5.74, 6) is -1.15. The van der Waals surface area contributed by atoms with Gasteiger partial charge in [-0.15, -0.1) is 0 Å². The summed E-state index contributed by atoms with van der Waals surface area (Å²) in [6.45, 7) is 0. The smallest absolute Gasteiger partial charge is 0.199 e. The van der Waals surface area contributed by atoms with Crippen molar-refractivity contribution in [3.05, 3.63) is 67.9 Å². The molecule has 0 spiro atoms. The van der Waals surface area contributed by atoms with Crippen LogP contribution in [0.4, 0.5) is 4.39 Å². The predicted molar refractivity (Wildman–Crippen MR) is 74.0 cm³/mol. The molecule has 0 bridgehead atoms. The molecule has 0 saturated carbocycles. The summed E-state index contributed by atoms with van der Waals surface area (Å²) in [6, 6.07) is 8.82. The highest BCUT2D eigenvalue weighted by Crippen LogP contribution is 2.28. The highest BCUT2D eigenvalue weighted by atomic mass is 79.9. The van der Waals surface area contributed by atoms with Crippen LogP contribution in [0.1, 0.15) is 15.9 Å². The number of carbonyl (C=O) groups is 1. The summed E-state index contributed by atoms with van der Waals surface area (Å²) in [6.07, 6.45) is 0. The minimum Gasteiger partial charge on any atom is -0.288 e. The summed E-state index contributed by atoms with van der Waals surface area (Å²) in [5, 5.41) is 0.402. The molecule has 0 saturated heterocycles. The second-order valence-electron chi connectivity index (χ2n) is 3.55. The second-order valence-corrected chi connectivity index (χ2v) is 5.28. The van der Waals surface area contributed by atoms with Crippen LogP contribution < -0.4 is 0 Å². The molecule has 0 aliphatic heterocycles. The van der Waals surface area contributed by atoms with Crippen LogP contribution in [0.5, 0.6) is 0 Å². The van der Waals surface area contributed by atoms with Crippen LogP contribution >= 0.6 is 39.1 Å². The summed E-state index contributed by atoms with van der Waals surface area (Å²) in [5.41, 5.74) is 0.0391. The van der Waals surface area contributed by atoms with Gasteiger partial charge in [-0.2, -0.15) is 0 Å². The second kappa shape index (κ2) is 5.39. The van der Waals surface area contributed by atoms with Crippen molar-refractivity contribution in [3.63, 3.8) is 0 Å². The molecule has 92 valence electrons. The Hall–Kier alpha value is -0.900. The Balaban J connectivity index is 2.58. The molecule has 0 N–H and O–H groups in total. The topological polar surface area (TPSA) is 17.1 Å². The number of hydrogen-bond acceptors (Lipinski definition) is 1. The molecule has 0 amide bonds. The highest BCUT2D eigenvalue weighted by Gasteiger charge is 2.19. The average Bonchev–Trinajstić information content (AvgIpc) is 2.32. The van der Waals surface area contributed by atoms with Crippen LogP contribution in [0.2, 0.25) is 10.0 Å². The summed E-state index contributed by atoms with van der Waals surface area (Å²) < 4.78 is 14.2. The molecular weight excluding hydrogens is 342 g/mol. The quantitative estimate of drug-likeness (QED) is 0.688. The van der Waals surface area contributed by atoms with Crippen LogP contribution in [-0.4, -0.2) is 5.78 Å². The Morgan fingerprint density at radius 3 is 2.33 bits per heavy atom. The van der Waals surface area contributed by atoms with E-state index in [9.17, 15) is 9.18 Å². The predicted octanol–water partition coefficient (Wildman–Crippen LogP) is 5.13. The normalized spacial score (nSPS) is 10.4. The SMILES string of the molecule is O=C(c1cc(Br)ccc1F)c1c(Cl)cccc1Cl. The Bertz CT molecular complexity index is 608. The van der Waals surface area contributed by atoms with E-state index in [0.717, 1.165) is 0 Å². The van der Waals surface area contributed by atoms with E-state index in [1.54, 1.807) is 6.07 Å². The summed E-state index contributed by atoms with van der Waals surface area (Å²) in [4.78, 5) is 12.2. The molecule has 18 heavy (non-hydrogen) atoms. The van der Waals surface area contributed by atoms with Crippen LogP contribution in [-0.2, 0) is 0 Å². The Morgan fingerprint density at radius 1 is 1.11 bits per heavy atom. The van der Waals surface area contributed by atoms with Crippen molar-refractivity contribution in [2.24, 2.45) is 0 Å². The molecule has 2 aromatic carbocycles. The molecule has 0 heterocycles. The number of benzene rings is 2. The third kappa shape index (κ3) is 2.58. The number of rotatable bonds is 2. The lowest BCUT2D eigenvalue weighted by molar-refractivity contribution is 0.103. The maximum Gasteiger partial charge on any atom is 0.199 e. The van der Waals surface area contributed by atoms with E-state index in [2.05, 4.69) is 15.9 Å². The highest BCUT2D eigenvalue weighted by molar-refractivity contribution is 9.10. The number of ketones is 1. The molecule has 0 fully saturated rings. The van der Waals surface area contributed by atoms with Crippen LogP contribution in [0, 0.1) is 5.82 Å². The van der Waals surface area contributed by atoms with Gasteiger partial charge in [0.1, 0.15) is 5.82 Å². The molecule has 2 aromatic rings. The van der Waals surface area contributed by atoms with Crippen molar-refractivity contribution >= 4 is 44.9 Å². The zero-order valence-electron chi connectivity index (χ0n) is 8.88. The van der Waals surface area contributed by atoms with E-state index in [0.29, 0.717) is 4.47 Å². The zero-order valence-corrected chi connectivity index (χ0v) is 12.0. The minimum atomic E-state index is -0.612. The first kappa shape index (κ1) is 13.5. The standard InChI is InChI=1S/C13H6BrCl2FO/c14-7-4-5-11(17)8(6-7)13(18)12-9(15)2-1-3-10(12)16/h1-6H. The summed E-state index contributed by atoms with van der Waals surface area (Å²) in [7, 11) is 0. The molecule has 0 aliphatic rings. The Labute approximate surface area is 122 Å². The average molecular weight is 348 g/mol. The van der Waals surface area contributed by atoms with Crippen molar-refractivity contribution in [1.82, 2.24) is 0 Å². The van der Waals surface area contributed by atoms with Crippen LogP contribution in [0.15, 0.2) is 40.9 Å². The van der Waals surface area contributed by atoms with Crippen molar-refractivity contribution in [3.8, 4) is 0 Å². The monoisotopic (exact) mass is 346 g/mol. The first-order chi connectivity index (χ1) is 8.50. The molecule has 0 aliphatic carbocycles. The van der Waals surface area contributed by atoms with Gasteiger partial charge >= 0.3 is 0 Å². The lowest BCUT2D eigenvalue weighted by Crippen LogP contribution is -2.06. The first-order valence-corrected chi connectivity index (χ1v) is 6.49. The molecule has 0 unspecified atom stereocenters. The van der Waals surface area contributed by atoms with Gasteiger partial charge in [0.25, 0.3) is 0 Å². The molecule has 5 heteroatoms. The van der Waals surface area contributed by atoms with Gasteiger partial charge in [-0.25, -0.2) is 4.39 Å². The third-order valence-electron chi connectivity index (χ3n) is 2.36. The van der Waals surface area contributed by atoms with Crippen molar-refractivity contribution in [1.29, 1.82) is 0 Å². The lowest BCUT2D eigenvalue weighted by atomic mass is 10.0. The number of carbonyl (C=O) groups excluding carboxylic acids is 1. The van der Waals surface area contributed by atoms with Crippen molar-refractivity contribution in [2.45, 2.75) is 0 Å². The van der Waals surface area contributed by atoms with Gasteiger partial charge in [-0.1, -0.05) is 45.2 Å². The molecular formula is C13H6BrCl2FO. The molecule has 0 aromatic heterocycles. The van der Waals surface area contributed by atoms with E-state index in [1.165, 1.54) is 30.3 Å². The zero-order chi connectivity index (χ0) is 13.3. The van der Waals surface area contributed by atoms with E-state index >= 15 is 0 Å². The first-order valence-electron chi connectivity index (χ1n) is 4.94.